The van der Waals surface area contributed by atoms with Crippen molar-refractivity contribution in [2.24, 2.45) is 0 Å². The van der Waals surface area contributed by atoms with Crippen LogP contribution >= 0.6 is 0 Å². The Labute approximate surface area is 175 Å². The van der Waals surface area contributed by atoms with Gasteiger partial charge in [-0.15, -0.1) is 0 Å². The van der Waals surface area contributed by atoms with E-state index in [2.05, 4.69) is 10.5 Å². The van der Waals surface area contributed by atoms with E-state index < -0.39 is 18.5 Å². The molecule has 1 amide bonds. The summed E-state index contributed by atoms with van der Waals surface area (Å²) in [5.41, 5.74) is 4.40. The van der Waals surface area contributed by atoms with Crippen LogP contribution in [-0.4, -0.2) is 23.6 Å². The lowest BCUT2D eigenvalue weighted by Gasteiger charge is -2.13. The molecule has 0 spiro atoms. The zero-order chi connectivity index (χ0) is 21.7. The molecule has 0 fully saturated rings. The number of aromatic nitrogens is 1. The second kappa shape index (κ2) is 9.26. The Balaban J connectivity index is 1.62. The number of rotatable bonds is 7. The van der Waals surface area contributed by atoms with E-state index in [1.807, 2.05) is 39.0 Å². The average molecular weight is 408 g/mol. The number of nitrogens with zero attached hydrogens (tertiary/aromatic N) is 1. The fraction of sp³-hybridized carbons (Fsp3) is 0.261. The molecule has 7 heteroatoms. The number of para-hydroxylation sites is 2. The van der Waals surface area contributed by atoms with Crippen molar-refractivity contribution >= 4 is 17.6 Å². The van der Waals surface area contributed by atoms with Crippen molar-refractivity contribution in [1.82, 2.24) is 5.16 Å². The summed E-state index contributed by atoms with van der Waals surface area (Å²) in [6.45, 7) is 7.24. The Bertz CT molecular complexity index is 1030. The number of esters is 1. The van der Waals surface area contributed by atoms with E-state index in [1.54, 1.807) is 31.2 Å². The zero-order valence-corrected chi connectivity index (χ0v) is 17.4. The van der Waals surface area contributed by atoms with Gasteiger partial charge in [-0.25, -0.2) is 4.79 Å². The molecule has 1 N–H and O–H groups in total. The molecule has 1 heterocycles. The molecule has 3 rings (SSSR count). The normalized spacial score (nSPS) is 10.5. The quantitative estimate of drug-likeness (QED) is 0.587. The fourth-order valence-corrected chi connectivity index (χ4v) is 3.01. The lowest BCUT2D eigenvalue weighted by Crippen LogP contribution is -2.22. The number of hydrogen-bond donors (Lipinski definition) is 1. The maximum Gasteiger partial charge on any atom is 0.342 e. The smallest absolute Gasteiger partial charge is 0.342 e. The molecular formula is C23H24N2O5. The number of hydrogen-bond acceptors (Lipinski definition) is 6. The number of benzene rings is 2. The molecule has 0 saturated carbocycles. The first-order valence-corrected chi connectivity index (χ1v) is 9.53. The van der Waals surface area contributed by atoms with Crippen LogP contribution in [0, 0.1) is 27.7 Å². The van der Waals surface area contributed by atoms with E-state index in [-0.39, 0.29) is 12.2 Å². The molecule has 0 saturated heterocycles. The van der Waals surface area contributed by atoms with E-state index in [4.69, 9.17) is 14.0 Å². The standard InChI is InChI=1S/C23H24N2O5/c1-14-8-7-9-15(2)22(14)24-21(26)13-29-23(27)18-10-5-6-11-20(18)28-12-19-16(3)25-30-17(19)4/h5-11H,12-13H2,1-4H3,(H,24,26). The van der Waals surface area contributed by atoms with Gasteiger partial charge in [-0.3, -0.25) is 4.79 Å². The third-order valence-electron chi connectivity index (χ3n) is 4.74. The summed E-state index contributed by atoms with van der Waals surface area (Å²) in [6, 6.07) is 12.4. The van der Waals surface area contributed by atoms with Crippen molar-refractivity contribution < 1.29 is 23.6 Å². The number of ether oxygens (including phenoxy) is 2. The second-order valence-electron chi connectivity index (χ2n) is 6.98. The van der Waals surface area contributed by atoms with Crippen LogP contribution in [0.2, 0.25) is 0 Å². The molecule has 7 nitrogen and oxygen atoms in total. The summed E-state index contributed by atoms with van der Waals surface area (Å²) in [4.78, 5) is 24.8. The summed E-state index contributed by atoms with van der Waals surface area (Å²) >= 11 is 0. The Hall–Kier alpha value is -3.61. The topological polar surface area (TPSA) is 90.7 Å². The van der Waals surface area contributed by atoms with Crippen LogP contribution in [0.5, 0.6) is 5.75 Å². The lowest BCUT2D eigenvalue weighted by atomic mass is 10.1. The van der Waals surface area contributed by atoms with E-state index in [0.29, 0.717) is 11.5 Å². The van der Waals surface area contributed by atoms with E-state index >= 15 is 0 Å². The van der Waals surface area contributed by atoms with Gasteiger partial charge in [0, 0.05) is 5.69 Å². The van der Waals surface area contributed by atoms with Crippen LogP contribution in [0.15, 0.2) is 47.0 Å². The van der Waals surface area contributed by atoms with Gasteiger partial charge in [0.05, 0.1) is 11.3 Å². The average Bonchev–Trinajstić information content (AvgIpc) is 3.05. The number of anilines is 1. The van der Waals surface area contributed by atoms with Gasteiger partial charge in [0.25, 0.3) is 5.91 Å². The van der Waals surface area contributed by atoms with Crippen molar-refractivity contribution in [1.29, 1.82) is 0 Å². The summed E-state index contributed by atoms with van der Waals surface area (Å²) in [6.07, 6.45) is 0. The van der Waals surface area contributed by atoms with Crippen molar-refractivity contribution in [2.45, 2.75) is 34.3 Å². The minimum absolute atomic E-state index is 0.207. The Morgan fingerprint density at radius 3 is 2.37 bits per heavy atom. The van der Waals surface area contributed by atoms with Gasteiger partial charge in [0.2, 0.25) is 0 Å². The molecule has 156 valence electrons. The van der Waals surface area contributed by atoms with Gasteiger partial charge >= 0.3 is 5.97 Å². The van der Waals surface area contributed by atoms with E-state index in [9.17, 15) is 9.59 Å². The molecule has 0 aliphatic rings. The first-order chi connectivity index (χ1) is 14.4. The number of carbonyl (C=O) groups excluding carboxylic acids is 2. The maximum absolute atomic E-state index is 12.5. The van der Waals surface area contributed by atoms with E-state index in [1.165, 1.54) is 0 Å². The van der Waals surface area contributed by atoms with Crippen LogP contribution in [0.3, 0.4) is 0 Å². The van der Waals surface area contributed by atoms with Crippen LogP contribution < -0.4 is 10.1 Å². The lowest BCUT2D eigenvalue weighted by molar-refractivity contribution is -0.119. The molecule has 0 atom stereocenters. The monoisotopic (exact) mass is 408 g/mol. The highest BCUT2D eigenvalue weighted by atomic mass is 16.5. The summed E-state index contributed by atoms with van der Waals surface area (Å²) in [7, 11) is 0. The molecular weight excluding hydrogens is 384 g/mol. The minimum atomic E-state index is -0.638. The third kappa shape index (κ3) is 4.86. The number of aryl methyl sites for hydroxylation is 4. The molecule has 1 aromatic heterocycles. The van der Waals surface area contributed by atoms with Crippen LogP contribution in [0.25, 0.3) is 0 Å². The predicted molar refractivity (Wildman–Crippen MR) is 112 cm³/mol. The molecule has 0 aliphatic heterocycles. The molecule has 0 radical (unpaired) electrons. The third-order valence-corrected chi connectivity index (χ3v) is 4.74. The van der Waals surface area contributed by atoms with Crippen molar-refractivity contribution in [3.8, 4) is 5.75 Å². The van der Waals surface area contributed by atoms with Crippen LogP contribution in [0.4, 0.5) is 5.69 Å². The number of amides is 1. The molecule has 3 aromatic rings. The molecule has 30 heavy (non-hydrogen) atoms. The van der Waals surface area contributed by atoms with Gasteiger partial charge in [-0.05, 0) is 51.0 Å². The number of nitrogens with one attached hydrogen (secondary N) is 1. The van der Waals surface area contributed by atoms with Gasteiger partial charge in [-0.2, -0.15) is 0 Å². The van der Waals surface area contributed by atoms with Crippen molar-refractivity contribution in [3.63, 3.8) is 0 Å². The first kappa shape index (κ1) is 21.1. The van der Waals surface area contributed by atoms with Gasteiger partial charge in [-0.1, -0.05) is 35.5 Å². The SMILES string of the molecule is Cc1cccc(C)c1NC(=O)COC(=O)c1ccccc1OCc1c(C)noc1C. The highest BCUT2D eigenvalue weighted by Gasteiger charge is 2.17. The maximum atomic E-state index is 12.5. The summed E-state index contributed by atoms with van der Waals surface area (Å²) in [5, 5.41) is 6.68. The molecule has 0 aliphatic carbocycles. The number of carbonyl (C=O) groups is 2. The zero-order valence-electron chi connectivity index (χ0n) is 17.4. The van der Waals surface area contributed by atoms with Crippen LogP contribution in [0.1, 0.15) is 38.5 Å². The highest BCUT2D eigenvalue weighted by molar-refractivity contribution is 5.97. The van der Waals surface area contributed by atoms with Crippen molar-refractivity contribution in [2.75, 3.05) is 11.9 Å². The van der Waals surface area contributed by atoms with Gasteiger partial charge in [0.1, 0.15) is 23.7 Å². The largest absolute Gasteiger partial charge is 0.488 e. The van der Waals surface area contributed by atoms with Crippen molar-refractivity contribution in [3.05, 3.63) is 76.2 Å². The summed E-state index contributed by atoms with van der Waals surface area (Å²) in [5.74, 6) is -0.0238. The van der Waals surface area contributed by atoms with Crippen LogP contribution in [-0.2, 0) is 16.1 Å². The predicted octanol–water partition coefficient (Wildman–Crippen LogP) is 4.28. The minimum Gasteiger partial charge on any atom is -0.488 e. The van der Waals surface area contributed by atoms with Gasteiger partial charge in [0.15, 0.2) is 6.61 Å². The Morgan fingerprint density at radius 1 is 1.00 bits per heavy atom. The van der Waals surface area contributed by atoms with E-state index in [0.717, 1.165) is 28.1 Å². The molecule has 0 unspecified atom stereocenters. The molecule has 2 aromatic carbocycles. The summed E-state index contributed by atoms with van der Waals surface area (Å²) < 4.78 is 16.1. The first-order valence-electron chi connectivity index (χ1n) is 9.53. The highest BCUT2D eigenvalue weighted by Crippen LogP contribution is 2.23. The molecule has 0 bridgehead atoms. The van der Waals surface area contributed by atoms with Gasteiger partial charge < -0.3 is 19.3 Å². The Morgan fingerprint density at radius 2 is 1.70 bits per heavy atom. The Kier molecular flexibility index (Phi) is 6.51. The second-order valence-corrected chi connectivity index (χ2v) is 6.98. The fourth-order valence-electron chi connectivity index (χ4n) is 3.01.